The molecule has 3 aliphatic rings. The molecule has 0 radical (unpaired) electrons. The second-order valence-electron chi connectivity index (χ2n) is 9.98. The van der Waals surface area contributed by atoms with E-state index >= 15 is 0 Å². The van der Waals surface area contributed by atoms with Gasteiger partial charge in [-0.3, -0.25) is 19.3 Å². The van der Waals surface area contributed by atoms with Crippen molar-refractivity contribution in [3.05, 3.63) is 46.2 Å². The van der Waals surface area contributed by atoms with Crippen LogP contribution in [0.25, 0.3) is 11.3 Å². The van der Waals surface area contributed by atoms with Crippen LogP contribution >= 0.6 is 0 Å². The lowest BCUT2D eigenvalue weighted by Crippen LogP contribution is -2.70. The number of phenols is 1. The number of carbonyl (C=O) groups is 3. The van der Waals surface area contributed by atoms with Crippen LogP contribution in [-0.2, 0) is 14.4 Å². The van der Waals surface area contributed by atoms with Gasteiger partial charge in [-0.25, -0.2) is 0 Å². The number of amides is 1. The molecule has 11 heteroatoms. The van der Waals surface area contributed by atoms with Crippen LogP contribution in [0.2, 0.25) is 0 Å². The topological polar surface area (TPSA) is 208 Å². The summed E-state index contributed by atoms with van der Waals surface area (Å²) in [5.74, 6) is -9.56. The van der Waals surface area contributed by atoms with Crippen molar-refractivity contribution in [2.45, 2.75) is 37.5 Å². The Morgan fingerprint density at radius 2 is 1.78 bits per heavy atom. The van der Waals surface area contributed by atoms with Crippen molar-refractivity contribution in [1.29, 1.82) is 0 Å². The molecule has 4 rings (SSSR count). The molecule has 3 aliphatic carbocycles. The summed E-state index contributed by atoms with van der Waals surface area (Å²) in [6.45, 7) is 7.01. The van der Waals surface area contributed by atoms with Gasteiger partial charge >= 0.3 is 0 Å². The molecule has 1 saturated carbocycles. The Bertz CT molecular complexity index is 1330. The Morgan fingerprint density at radius 1 is 1.19 bits per heavy atom. The van der Waals surface area contributed by atoms with Gasteiger partial charge in [0.25, 0.3) is 5.91 Å². The molecule has 1 amide bonds. The number of aliphatic hydroxyl groups is 4. The van der Waals surface area contributed by atoms with Crippen LogP contribution in [0.4, 0.5) is 5.69 Å². The number of aromatic hydroxyl groups is 1. The van der Waals surface area contributed by atoms with Crippen molar-refractivity contribution in [3.8, 4) is 5.75 Å². The fraction of sp³-hybridized carbons (Fsp3) is 0.400. The lowest BCUT2D eigenvalue weighted by atomic mass is 9.54. The molecule has 0 bridgehead atoms. The molecule has 11 nitrogen and oxygen atoms in total. The zero-order chi connectivity index (χ0) is 27.2. The number of fused-ring (bicyclic) bond motifs is 3. The number of nitrogens with zero attached hydrogens (tertiary/aromatic N) is 1. The third kappa shape index (κ3) is 2.93. The summed E-state index contributed by atoms with van der Waals surface area (Å²) in [7, 11) is 2.89. The summed E-state index contributed by atoms with van der Waals surface area (Å²) in [6, 6.07) is 0.0558. The number of benzene rings is 1. The first-order valence-electron chi connectivity index (χ1n) is 11.2. The number of phenolic OH excluding ortho intramolecular Hbond substituents is 1. The van der Waals surface area contributed by atoms with Gasteiger partial charge in [0.2, 0.25) is 5.78 Å². The Morgan fingerprint density at radius 3 is 2.28 bits per heavy atom. The van der Waals surface area contributed by atoms with E-state index in [1.807, 2.05) is 0 Å². The van der Waals surface area contributed by atoms with Crippen molar-refractivity contribution in [3.63, 3.8) is 0 Å². The molecule has 36 heavy (non-hydrogen) atoms. The number of rotatable bonds is 3. The zero-order valence-electron chi connectivity index (χ0n) is 20.2. The van der Waals surface area contributed by atoms with Crippen molar-refractivity contribution < 1.29 is 39.9 Å². The number of hydrogen-bond donors (Lipinski definition) is 7. The molecular weight excluding hydrogens is 470 g/mol. The van der Waals surface area contributed by atoms with Crippen LogP contribution < -0.4 is 11.5 Å². The number of ketones is 2. The average Bonchev–Trinajstić information content (AvgIpc) is 2.77. The van der Waals surface area contributed by atoms with Gasteiger partial charge in [-0.15, -0.1) is 0 Å². The first kappa shape index (κ1) is 25.4. The Balaban J connectivity index is 2.10. The monoisotopic (exact) mass is 499 g/mol. The highest BCUT2D eigenvalue weighted by Crippen LogP contribution is 2.57. The quantitative estimate of drug-likeness (QED) is 0.170. The number of Topliss-reactive ketones (excluding diaryl/α,β-unsaturated/α-hetero) is 2. The highest BCUT2D eigenvalue weighted by atomic mass is 16.4. The van der Waals surface area contributed by atoms with Gasteiger partial charge in [0, 0.05) is 22.7 Å². The number of anilines is 1. The molecule has 1 aromatic carbocycles. The molecule has 1 fully saturated rings. The molecule has 6 atom stereocenters. The van der Waals surface area contributed by atoms with Gasteiger partial charge in [0.05, 0.1) is 23.6 Å². The predicted octanol–water partition coefficient (Wildman–Crippen LogP) is 0.111. The highest BCUT2D eigenvalue weighted by Gasteiger charge is 2.68. The standard InChI is InChI=1S/C25H29N3O8/c1-7(2)9-6-10(26)11-8(3)12-14(19(30)13(11)18(9)29)22(33)25(36)16(20(12)31)17(28(4)5)21(32)15(23(25)34)24(27)35/h6,8,12,16-17,20,29-31,34,36H,1,26H2,2-5H3,(H2,27,35)/t8-,12+,16+,17-,20-,25-/m0/s1. The van der Waals surface area contributed by atoms with Crippen LogP contribution in [0.5, 0.6) is 5.75 Å². The fourth-order valence-electron chi connectivity index (χ4n) is 6.13. The number of hydrogen-bond acceptors (Lipinski definition) is 10. The number of carbonyl (C=O) groups excluding carboxylic acids is 3. The molecular formula is C25H29N3O8. The van der Waals surface area contributed by atoms with Crippen molar-refractivity contribution >= 4 is 34.5 Å². The number of primary amides is 1. The first-order chi connectivity index (χ1) is 16.6. The van der Waals surface area contributed by atoms with Gasteiger partial charge in [-0.1, -0.05) is 13.5 Å². The normalized spacial score (nSPS) is 31.8. The second-order valence-corrected chi connectivity index (χ2v) is 9.98. The fourth-order valence-corrected chi connectivity index (χ4v) is 6.13. The van der Waals surface area contributed by atoms with Gasteiger partial charge in [-0.2, -0.15) is 0 Å². The van der Waals surface area contributed by atoms with Crippen molar-refractivity contribution in [1.82, 2.24) is 4.90 Å². The predicted molar refractivity (Wildman–Crippen MR) is 129 cm³/mol. The van der Waals surface area contributed by atoms with Gasteiger partial charge < -0.3 is 37.0 Å². The summed E-state index contributed by atoms with van der Waals surface area (Å²) < 4.78 is 0. The van der Waals surface area contributed by atoms with E-state index in [0.717, 1.165) is 0 Å². The minimum Gasteiger partial charge on any atom is -0.508 e. The second kappa shape index (κ2) is 7.92. The number of allylic oxidation sites excluding steroid dienone is 1. The van der Waals surface area contributed by atoms with E-state index in [0.29, 0.717) is 5.57 Å². The van der Waals surface area contributed by atoms with Crippen LogP contribution in [-0.4, -0.2) is 79.7 Å². The molecule has 0 aliphatic heterocycles. The summed E-state index contributed by atoms with van der Waals surface area (Å²) in [6.07, 6.45) is -1.68. The summed E-state index contributed by atoms with van der Waals surface area (Å²) >= 11 is 0. The maximum atomic E-state index is 13.9. The largest absolute Gasteiger partial charge is 0.508 e. The van der Waals surface area contributed by atoms with Gasteiger partial charge in [0.15, 0.2) is 11.4 Å². The molecule has 0 saturated heterocycles. The maximum Gasteiger partial charge on any atom is 0.255 e. The number of nitrogens with two attached hydrogens (primary N) is 2. The third-order valence-electron chi connectivity index (χ3n) is 7.72. The highest BCUT2D eigenvalue weighted by molar-refractivity contribution is 6.24. The minimum atomic E-state index is -2.96. The molecule has 0 aromatic heterocycles. The molecule has 192 valence electrons. The van der Waals surface area contributed by atoms with E-state index in [-0.39, 0.29) is 22.4 Å². The van der Waals surface area contributed by atoms with E-state index in [9.17, 15) is 39.9 Å². The van der Waals surface area contributed by atoms with Crippen LogP contribution in [0.3, 0.4) is 0 Å². The molecule has 9 N–H and O–H groups in total. The Kier molecular flexibility index (Phi) is 5.59. The van der Waals surface area contributed by atoms with Crippen LogP contribution in [0, 0.1) is 11.8 Å². The van der Waals surface area contributed by atoms with Crippen LogP contribution in [0.1, 0.15) is 36.5 Å². The molecule has 0 heterocycles. The van der Waals surface area contributed by atoms with E-state index < -0.39 is 81.4 Å². The zero-order valence-corrected chi connectivity index (χ0v) is 20.2. The molecule has 0 unspecified atom stereocenters. The first-order valence-corrected chi connectivity index (χ1v) is 11.2. The van der Waals surface area contributed by atoms with Crippen molar-refractivity contribution in [2.24, 2.45) is 17.6 Å². The van der Waals surface area contributed by atoms with Gasteiger partial charge in [-0.05, 0) is 44.1 Å². The lowest BCUT2D eigenvalue weighted by Gasteiger charge is -2.53. The number of likely N-dealkylation sites (N-methyl/N-ethyl adjacent to an activating group) is 1. The number of nitrogen functional groups attached to an aromatic ring is 1. The Hall–Kier alpha value is -3.67. The van der Waals surface area contributed by atoms with E-state index in [2.05, 4.69) is 6.58 Å². The molecule has 1 aromatic rings. The lowest BCUT2D eigenvalue weighted by molar-refractivity contribution is -0.169. The minimum absolute atomic E-state index is 0.163. The van der Waals surface area contributed by atoms with Crippen molar-refractivity contribution in [2.75, 3.05) is 19.8 Å². The van der Waals surface area contributed by atoms with Gasteiger partial charge in [0.1, 0.15) is 22.8 Å². The van der Waals surface area contributed by atoms with E-state index in [1.165, 1.54) is 25.1 Å². The summed E-state index contributed by atoms with van der Waals surface area (Å²) in [5, 5.41) is 56.4. The Labute approximate surface area is 206 Å². The van der Waals surface area contributed by atoms with Crippen LogP contribution in [0.15, 0.2) is 29.6 Å². The summed E-state index contributed by atoms with van der Waals surface area (Å²) in [5.41, 5.74) is 8.09. The smallest absolute Gasteiger partial charge is 0.255 e. The van der Waals surface area contributed by atoms with E-state index in [4.69, 9.17) is 11.5 Å². The SMILES string of the molecule is C=C(C)c1cc(N)c2c(c1O)C(O)=C1C(=O)[C@]3(O)C(O)=C(C(N)=O)C(=O)[C@@H](N(C)C)[C@@H]3[C@@H](O)[C@@H]1[C@H]2C. The third-order valence-corrected chi connectivity index (χ3v) is 7.72. The maximum absolute atomic E-state index is 13.9. The van der Waals surface area contributed by atoms with E-state index in [1.54, 1.807) is 13.8 Å². The number of aliphatic hydroxyl groups excluding tert-OH is 3. The average molecular weight is 500 g/mol. The summed E-state index contributed by atoms with van der Waals surface area (Å²) in [4.78, 5) is 40.4. The molecule has 0 spiro atoms.